The topological polar surface area (TPSA) is 63.9 Å². The number of pyridine rings is 2. The Morgan fingerprint density at radius 1 is 1.11 bits per heavy atom. The van der Waals surface area contributed by atoms with Gasteiger partial charge < -0.3 is 4.90 Å². The maximum Gasteiger partial charge on any atom is 0.256 e. The van der Waals surface area contributed by atoms with Crippen LogP contribution < -0.4 is 0 Å². The Bertz CT molecular complexity index is 1230. The number of amides is 1. The van der Waals surface area contributed by atoms with E-state index in [9.17, 15) is 4.79 Å². The lowest BCUT2D eigenvalue weighted by atomic mass is 10.00. The molecule has 1 aromatic carbocycles. The van der Waals surface area contributed by atoms with Crippen molar-refractivity contribution < 1.29 is 4.79 Å². The van der Waals surface area contributed by atoms with E-state index >= 15 is 0 Å². The maximum absolute atomic E-state index is 12.6. The summed E-state index contributed by atoms with van der Waals surface area (Å²) < 4.78 is 1.77. The molecule has 28 heavy (non-hydrogen) atoms. The molecule has 0 saturated carbocycles. The molecule has 0 aliphatic carbocycles. The van der Waals surface area contributed by atoms with Gasteiger partial charge in [0, 0.05) is 43.1 Å². The highest BCUT2D eigenvalue weighted by molar-refractivity contribution is 5.97. The van der Waals surface area contributed by atoms with Crippen molar-refractivity contribution in [2.45, 2.75) is 20.0 Å². The van der Waals surface area contributed by atoms with Crippen LogP contribution in [0.15, 0.2) is 55.0 Å². The van der Waals surface area contributed by atoms with Crippen LogP contribution in [0.5, 0.6) is 0 Å². The van der Waals surface area contributed by atoms with Crippen molar-refractivity contribution in [3.63, 3.8) is 0 Å². The fraction of sp³-hybridized carbons (Fsp3) is 0.182. The number of nitrogens with zero attached hydrogens (tertiary/aromatic N) is 5. The number of hydrogen-bond acceptors (Lipinski definition) is 4. The zero-order valence-electron chi connectivity index (χ0n) is 15.8. The minimum Gasteiger partial charge on any atom is -0.328 e. The van der Waals surface area contributed by atoms with E-state index in [4.69, 9.17) is 0 Å². The van der Waals surface area contributed by atoms with Crippen LogP contribution in [0.25, 0.3) is 22.2 Å². The second-order valence-electron chi connectivity index (χ2n) is 7.24. The van der Waals surface area contributed by atoms with Gasteiger partial charge in [-0.15, -0.1) is 0 Å². The quantitative estimate of drug-likeness (QED) is 0.554. The third kappa shape index (κ3) is 2.74. The van der Waals surface area contributed by atoms with Gasteiger partial charge in [-0.25, -0.2) is 4.98 Å². The molecule has 4 heterocycles. The number of hydrogen-bond donors (Lipinski definition) is 0. The molecule has 0 radical (unpaired) electrons. The summed E-state index contributed by atoms with van der Waals surface area (Å²) in [6.45, 7) is 3.24. The summed E-state index contributed by atoms with van der Waals surface area (Å²) in [6, 6.07) is 12.1. The first kappa shape index (κ1) is 16.6. The van der Waals surface area contributed by atoms with Crippen molar-refractivity contribution >= 4 is 16.9 Å². The van der Waals surface area contributed by atoms with Crippen LogP contribution in [-0.2, 0) is 20.1 Å². The second kappa shape index (κ2) is 6.27. The largest absolute Gasteiger partial charge is 0.328 e. The summed E-state index contributed by atoms with van der Waals surface area (Å²) in [4.78, 5) is 23.2. The summed E-state index contributed by atoms with van der Waals surface area (Å²) in [7, 11) is 1.90. The van der Waals surface area contributed by atoms with Crippen LogP contribution >= 0.6 is 0 Å². The monoisotopic (exact) mass is 369 g/mol. The molecule has 5 rings (SSSR count). The fourth-order valence-electron chi connectivity index (χ4n) is 3.76. The Labute approximate surface area is 162 Å². The minimum atomic E-state index is 0.0535. The maximum atomic E-state index is 12.6. The van der Waals surface area contributed by atoms with Crippen molar-refractivity contribution in [2.75, 3.05) is 0 Å². The summed E-state index contributed by atoms with van der Waals surface area (Å²) >= 11 is 0. The van der Waals surface area contributed by atoms with Gasteiger partial charge in [-0.1, -0.05) is 18.2 Å². The molecule has 1 aliphatic rings. The van der Waals surface area contributed by atoms with Crippen LogP contribution in [0.3, 0.4) is 0 Å². The number of rotatable bonds is 3. The number of fused-ring (bicyclic) bond motifs is 2. The van der Waals surface area contributed by atoms with Crippen LogP contribution in [0.1, 0.15) is 27.2 Å². The highest BCUT2D eigenvalue weighted by Gasteiger charge is 2.28. The van der Waals surface area contributed by atoms with Gasteiger partial charge in [-0.05, 0) is 41.8 Å². The number of benzene rings is 1. The Balaban J connectivity index is 1.41. The first-order chi connectivity index (χ1) is 13.6. The van der Waals surface area contributed by atoms with E-state index in [1.54, 1.807) is 10.9 Å². The van der Waals surface area contributed by atoms with Crippen molar-refractivity contribution in [3.8, 4) is 11.1 Å². The molecule has 0 bridgehead atoms. The molecule has 1 aliphatic heterocycles. The predicted octanol–water partition coefficient (Wildman–Crippen LogP) is 3.49. The number of aromatic nitrogens is 4. The molecule has 4 aromatic rings. The van der Waals surface area contributed by atoms with E-state index in [1.165, 1.54) is 0 Å². The molecular formula is C22H19N5O. The molecule has 0 spiro atoms. The van der Waals surface area contributed by atoms with Gasteiger partial charge in [0.05, 0.1) is 17.8 Å². The lowest BCUT2D eigenvalue weighted by Crippen LogP contribution is -2.23. The van der Waals surface area contributed by atoms with Crippen LogP contribution in [0, 0.1) is 6.92 Å². The standard InChI is InChI=1S/C22H19N5O/c1-14-8-15(17-9-18-11-26(2)25-21(18)24-10-17)5-6-16(14)12-27-13-20-19(22(27)28)4-3-7-23-20/h3-11H,12-13H2,1-2H3. The smallest absolute Gasteiger partial charge is 0.256 e. The first-order valence-corrected chi connectivity index (χ1v) is 9.21. The van der Waals surface area contributed by atoms with Crippen LogP contribution in [-0.4, -0.2) is 30.6 Å². The van der Waals surface area contributed by atoms with Gasteiger partial charge >= 0.3 is 0 Å². The lowest BCUT2D eigenvalue weighted by molar-refractivity contribution is 0.0766. The molecule has 138 valence electrons. The van der Waals surface area contributed by atoms with Crippen LogP contribution in [0.2, 0.25) is 0 Å². The van der Waals surface area contributed by atoms with Gasteiger partial charge in [0.25, 0.3) is 5.91 Å². The molecule has 3 aromatic heterocycles. The Morgan fingerprint density at radius 3 is 2.82 bits per heavy atom. The first-order valence-electron chi connectivity index (χ1n) is 9.21. The van der Waals surface area contributed by atoms with Crippen molar-refractivity contribution in [1.82, 2.24) is 24.6 Å². The number of carbonyl (C=O) groups is 1. The summed E-state index contributed by atoms with van der Waals surface area (Å²) in [5, 5.41) is 5.35. The van der Waals surface area contributed by atoms with E-state index in [2.05, 4.69) is 46.3 Å². The summed E-state index contributed by atoms with van der Waals surface area (Å²) in [5.41, 5.74) is 6.78. The van der Waals surface area contributed by atoms with Gasteiger partial charge in [0.15, 0.2) is 5.65 Å². The summed E-state index contributed by atoms with van der Waals surface area (Å²) in [6.07, 6.45) is 5.57. The minimum absolute atomic E-state index is 0.0535. The lowest BCUT2D eigenvalue weighted by Gasteiger charge is -2.17. The third-order valence-electron chi connectivity index (χ3n) is 5.26. The average Bonchev–Trinajstić information content (AvgIpc) is 3.22. The highest BCUT2D eigenvalue weighted by Crippen LogP contribution is 2.27. The highest BCUT2D eigenvalue weighted by atomic mass is 16.2. The average molecular weight is 369 g/mol. The zero-order valence-corrected chi connectivity index (χ0v) is 15.8. The Hall–Kier alpha value is -3.54. The number of aryl methyl sites for hydroxylation is 2. The fourth-order valence-corrected chi connectivity index (χ4v) is 3.76. The van der Waals surface area contributed by atoms with E-state index < -0.39 is 0 Å². The SMILES string of the molecule is Cc1cc(-c2cnc3nn(C)cc3c2)ccc1CN1Cc2ncccc2C1=O. The zero-order chi connectivity index (χ0) is 19.3. The van der Waals surface area contributed by atoms with Crippen molar-refractivity contribution in [1.29, 1.82) is 0 Å². The Kier molecular flexibility index (Phi) is 3.72. The van der Waals surface area contributed by atoms with E-state index in [1.807, 2.05) is 36.5 Å². The molecule has 0 fully saturated rings. The summed E-state index contributed by atoms with van der Waals surface area (Å²) in [5.74, 6) is 0.0535. The molecule has 0 saturated heterocycles. The normalized spacial score (nSPS) is 13.4. The van der Waals surface area contributed by atoms with Gasteiger partial charge in [-0.2, -0.15) is 5.10 Å². The van der Waals surface area contributed by atoms with Gasteiger partial charge in [0.2, 0.25) is 0 Å². The molecule has 6 heteroatoms. The van der Waals surface area contributed by atoms with E-state index in [0.717, 1.165) is 39.0 Å². The van der Waals surface area contributed by atoms with E-state index in [0.29, 0.717) is 18.7 Å². The molecule has 0 N–H and O–H groups in total. The van der Waals surface area contributed by atoms with Gasteiger partial charge in [0.1, 0.15) is 0 Å². The van der Waals surface area contributed by atoms with E-state index in [-0.39, 0.29) is 5.91 Å². The van der Waals surface area contributed by atoms with Crippen molar-refractivity contribution in [2.24, 2.45) is 7.05 Å². The number of carbonyl (C=O) groups excluding carboxylic acids is 1. The molecule has 1 amide bonds. The van der Waals surface area contributed by atoms with Crippen molar-refractivity contribution in [3.05, 3.63) is 77.4 Å². The van der Waals surface area contributed by atoms with Gasteiger partial charge in [-0.3, -0.25) is 14.5 Å². The second-order valence-corrected chi connectivity index (χ2v) is 7.24. The third-order valence-corrected chi connectivity index (χ3v) is 5.26. The molecule has 0 unspecified atom stereocenters. The molecular weight excluding hydrogens is 350 g/mol. The molecule has 0 atom stereocenters. The Morgan fingerprint density at radius 2 is 2.00 bits per heavy atom. The van der Waals surface area contributed by atoms with Crippen LogP contribution in [0.4, 0.5) is 0 Å². The predicted molar refractivity (Wildman–Crippen MR) is 106 cm³/mol. The molecule has 6 nitrogen and oxygen atoms in total.